The number of fused-ring (bicyclic) bond motifs is 1. The van der Waals surface area contributed by atoms with Gasteiger partial charge in [0.15, 0.2) is 0 Å². The highest BCUT2D eigenvalue weighted by Gasteiger charge is 2.28. The third-order valence-electron chi connectivity index (χ3n) is 4.36. The monoisotopic (exact) mass is 285 g/mol. The van der Waals surface area contributed by atoms with Gasteiger partial charge in [0.2, 0.25) is 11.8 Å². The molecule has 1 fully saturated rings. The molecule has 112 valence electrons. The molecule has 0 bridgehead atoms. The molecule has 1 aliphatic rings. The number of hydrogen-bond donors (Lipinski definition) is 1. The lowest BCUT2D eigenvalue weighted by Crippen LogP contribution is -2.28. The summed E-state index contributed by atoms with van der Waals surface area (Å²) in [4.78, 5) is 8.97. The van der Waals surface area contributed by atoms with Crippen LogP contribution >= 0.6 is 0 Å². The molecule has 3 rings (SSSR count). The van der Waals surface area contributed by atoms with Crippen molar-refractivity contribution in [2.24, 2.45) is 5.41 Å². The van der Waals surface area contributed by atoms with E-state index in [0.29, 0.717) is 17.2 Å². The maximum atomic E-state index is 6.21. The highest BCUT2D eigenvalue weighted by molar-refractivity contribution is 5.84. The number of ether oxygens (including phenoxy) is 1. The molecule has 1 N–H and O–H groups in total. The maximum Gasteiger partial charge on any atom is 0.226 e. The highest BCUT2D eigenvalue weighted by atomic mass is 16.5. The van der Waals surface area contributed by atoms with Crippen molar-refractivity contribution >= 4 is 16.9 Å². The van der Waals surface area contributed by atoms with E-state index < -0.39 is 0 Å². The van der Waals surface area contributed by atoms with Gasteiger partial charge in [-0.1, -0.05) is 26.0 Å². The van der Waals surface area contributed by atoms with Crippen molar-refractivity contribution in [3.05, 3.63) is 24.3 Å². The van der Waals surface area contributed by atoms with Crippen LogP contribution in [0.15, 0.2) is 24.3 Å². The Labute approximate surface area is 125 Å². The zero-order chi connectivity index (χ0) is 14.9. The fourth-order valence-corrected chi connectivity index (χ4v) is 2.90. The third-order valence-corrected chi connectivity index (χ3v) is 4.36. The van der Waals surface area contributed by atoms with Crippen LogP contribution in [0, 0.1) is 5.41 Å². The Bertz CT molecular complexity index is 629. The molecule has 4 nitrogen and oxygen atoms in total. The van der Waals surface area contributed by atoms with Gasteiger partial charge in [0, 0.05) is 7.05 Å². The van der Waals surface area contributed by atoms with Crippen LogP contribution in [0.1, 0.15) is 39.5 Å². The summed E-state index contributed by atoms with van der Waals surface area (Å²) < 4.78 is 6.21. The molecule has 21 heavy (non-hydrogen) atoms. The van der Waals surface area contributed by atoms with Crippen LogP contribution < -0.4 is 10.1 Å². The Morgan fingerprint density at radius 1 is 1.14 bits per heavy atom. The second kappa shape index (κ2) is 5.51. The van der Waals surface area contributed by atoms with Gasteiger partial charge in [0.25, 0.3) is 0 Å². The second-order valence-corrected chi connectivity index (χ2v) is 6.60. The molecule has 0 unspecified atom stereocenters. The molecular weight excluding hydrogens is 262 g/mol. The van der Waals surface area contributed by atoms with E-state index >= 15 is 0 Å². The third kappa shape index (κ3) is 3.09. The Morgan fingerprint density at radius 3 is 2.57 bits per heavy atom. The van der Waals surface area contributed by atoms with Crippen LogP contribution in [-0.4, -0.2) is 23.1 Å². The molecule has 2 aromatic rings. The number of nitrogens with zero attached hydrogens (tertiary/aromatic N) is 2. The zero-order valence-corrected chi connectivity index (χ0v) is 13.0. The zero-order valence-electron chi connectivity index (χ0n) is 13.0. The predicted molar refractivity (Wildman–Crippen MR) is 85.7 cm³/mol. The molecule has 0 atom stereocenters. The maximum absolute atomic E-state index is 6.21. The van der Waals surface area contributed by atoms with E-state index in [1.165, 1.54) is 12.8 Å². The van der Waals surface area contributed by atoms with Gasteiger partial charge in [-0.2, -0.15) is 4.98 Å². The van der Waals surface area contributed by atoms with Gasteiger partial charge in [-0.05, 0) is 43.2 Å². The van der Waals surface area contributed by atoms with Crippen LogP contribution in [0.4, 0.5) is 5.95 Å². The summed E-state index contributed by atoms with van der Waals surface area (Å²) in [5.41, 5.74) is 1.37. The Morgan fingerprint density at radius 2 is 1.86 bits per heavy atom. The number of aromatic nitrogens is 2. The van der Waals surface area contributed by atoms with Crippen LogP contribution in [0.3, 0.4) is 0 Å². The molecule has 0 saturated heterocycles. The van der Waals surface area contributed by atoms with E-state index in [9.17, 15) is 0 Å². The molecule has 4 heteroatoms. The fraction of sp³-hybridized carbons (Fsp3) is 0.529. The molecule has 1 heterocycles. The lowest BCUT2D eigenvalue weighted by Gasteiger charge is -2.34. The van der Waals surface area contributed by atoms with Crippen molar-refractivity contribution in [2.45, 2.75) is 45.6 Å². The van der Waals surface area contributed by atoms with Crippen LogP contribution in [0.5, 0.6) is 5.88 Å². The summed E-state index contributed by atoms with van der Waals surface area (Å²) in [6.07, 6.45) is 4.88. The first-order valence-corrected chi connectivity index (χ1v) is 7.69. The minimum Gasteiger partial charge on any atom is -0.474 e. The van der Waals surface area contributed by atoms with E-state index in [2.05, 4.69) is 29.1 Å². The smallest absolute Gasteiger partial charge is 0.226 e. The van der Waals surface area contributed by atoms with Crippen LogP contribution in [-0.2, 0) is 0 Å². The Hall–Kier alpha value is -1.84. The van der Waals surface area contributed by atoms with Crippen LogP contribution in [0.2, 0.25) is 0 Å². The van der Waals surface area contributed by atoms with Gasteiger partial charge >= 0.3 is 0 Å². The van der Waals surface area contributed by atoms with Crippen molar-refractivity contribution in [3.63, 3.8) is 0 Å². The lowest BCUT2D eigenvalue weighted by molar-refractivity contribution is 0.0963. The molecule has 1 aromatic heterocycles. The lowest BCUT2D eigenvalue weighted by atomic mass is 9.76. The average Bonchev–Trinajstić information content (AvgIpc) is 2.49. The van der Waals surface area contributed by atoms with Gasteiger partial charge in [-0.15, -0.1) is 0 Å². The molecule has 0 aliphatic heterocycles. The molecule has 0 amide bonds. The van der Waals surface area contributed by atoms with Crippen molar-refractivity contribution in [1.82, 2.24) is 9.97 Å². The fourth-order valence-electron chi connectivity index (χ4n) is 2.90. The second-order valence-electron chi connectivity index (χ2n) is 6.60. The summed E-state index contributed by atoms with van der Waals surface area (Å²) in [5, 5.41) is 3.99. The first kappa shape index (κ1) is 14.1. The predicted octanol–water partition coefficient (Wildman–Crippen LogP) is 4.02. The topological polar surface area (TPSA) is 47.0 Å². The average molecular weight is 285 g/mol. The number of anilines is 1. The van der Waals surface area contributed by atoms with Crippen molar-refractivity contribution in [2.75, 3.05) is 12.4 Å². The van der Waals surface area contributed by atoms with Crippen molar-refractivity contribution < 1.29 is 4.74 Å². The van der Waals surface area contributed by atoms with Gasteiger partial charge in [-0.25, -0.2) is 4.98 Å². The number of benzene rings is 1. The molecule has 1 saturated carbocycles. The SMILES string of the molecule is CNc1nc(OC2CCC(C)(C)CC2)c2ccccc2n1. The van der Waals surface area contributed by atoms with Crippen LogP contribution in [0.25, 0.3) is 10.9 Å². The number of para-hydroxylation sites is 1. The summed E-state index contributed by atoms with van der Waals surface area (Å²) in [5.74, 6) is 1.31. The van der Waals surface area contributed by atoms with E-state index in [-0.39, 0.29) is 6.10 Å². The summed E-state index contributed by atoms with van der Waals surface area (Å²) >= 11 is 0. The molecule has 1 aromatic carbocycles. The minimum atomic E-state index is 0.265. The van der Waals surface area contributed by atoms with Crippen molar-refractivity contribution in [3.8, 4) is 5.88 Å². The minimum absolute atomic E-state index is 0.265. The first-order valence-electron chi connectivity index (χ1n) is 7.69. The number of nitrogens with one attached hydrogen (secondary N) is 1. The first-order chi connectivity index (χ1) is 10.1. The van der Waals surface area contributed by atoms with Gasteiger partial charge in [0.1, 0.15) is 6.10 Å². The van der Waals surface area contributed by atoms with Crippen molar-refractivity contribution in [1.29, 1.82) is 0 Å². The van der Waals surface area contributed by atoms with E-state index in [4.69, 9.17) is 4.74 Å². The number of rotatable bonds is 3. The molecule has 0 radical (unpaired) electrons. The molecular formula is C17H23N3O. The quantitative estimate of drug-likeness (QED) is 0.925. The van der Waals surface area contributed by atoms with E-state index in [1.54, 1.807) is 0 Å². The standard InChI is InChI=1S/C17H23N3O/c1-17(2)10-8-12(9-11-17)21-15-13-6-4-5-7-14(13)19-16(18-3)20-15/h4-7,12H,8-11H2,1-3H3,(H,18,19,20). The molecule has 1 aliphatic carbocycles. The summed E-state index contributed by atoms with van der Waals surface area (Å²) in [7, 11) is 1.83. The van der Waals surface area contributed by atoms with Gasteiger partial charge in [0.05, 0.1) is 10.9 Å². The number of hydrogen-bond acceptors (Lipinski definition) is 4. The van der Waals surface area contributed by atoms with E-state index in [1.807, 2.05) is 31.3 Å². The highest BCUT2D eigenvalue weighted by Crippen LogP contribution is 2.37. The normalized spacial score (nSPS) is 18.6. The molecule has 0 spiro atoms. The largest absolute Gasteiger partial charge is 0.474 e. The van der Waals surface area contributed by atoms with E-state index in [0.717, 1.165) is 23.7 Å². The summed E-state index contributed by atoms with van der Waals surface area (Å²) in [6.45, 7) is 4.67. The van der Waals surface area contributed by atoms with Gasteiger partial charge < -0.3 is 10.1 Å². The Kier molecular flexibility index (Phi) is 3.70. The Balaban J connectivity index is 1.86. The summed E-state index contributed by atoms with van der Waals surface area (Å²) in [6, 6.07) is 8.01. The van der Waals surface area contributed by atoms with Gasteiger partial charge in [-0.3, -0.25) is 0 Å².